The van der Waals surface area contributed by atoms with E-state index in [9.17, 15) is 23.2 Å². The predicted molar refractivity (Wildman–Crippen MR) is 180 cm³/mol. The van der Waals surface area contributed by atoms with Crippen LogP contribution in [0.3, 0.4) is 0 Å². The number of hydrogen-bond acceptors (Lipinski definition) is 7. The number of hydrogen-bond donors (Lipinski definition) is 2. The first-order valence-electron chi connectivity index (χ1n) is 16.5. The molecule has 3 aromatic rings. The molecular formula is C36H42F2N6O4. The number of amides is 3. The Morgan fingerprint density at radius 3 is 2.58 bits per heavy atom. The Hall–Kier alpha value is -4.58. The lowest BCUT2D eigenvalue weighted by atomic mass is 9.97. The molecule has 3 amide bonds. The number of likely N-dealkylation sites (N-methyl/N-ethyl adjacent to an activating group) is 1. The van der Waals surface area contributed by atoms with E-state index in [-0.39, 0.29) is 18.7 Å². The Morgan fingerprint density at radius 1 is 1.08 bits per heavy atom. The summed E-state index contributed by atoms with van der Waals surface area (Å²) in [7, 11) is 3.75. The van der Waals surface area contributed by atoms with Crippen molar-refractivity contribution in [3.05, 3.63) is 71.2 Å². The topological polar surface area (TPSA) is 107 Å². The maximum atomic E-state index is 14.7. The van der Waals surface area contributed by atoms with Crippen molar-refractivity contribution < 1.29 is 27.9 Å². The van der Waals surface area contributed by atoms with Gasteiger partial charge >= 0.3 is 0 Å². The number of alkyl halides is 1. The first kappa shape index (κ1) is 33.3. The monoisotopic (exact) mass is 660 g/mol. The van der Waals surface area contributed by atoms with Gasteiger partial charge in [0.05, 0.1) is 37.4 Å². The number of aromatic nitrogens is 1. The van der Waals surface area contributed by atoms with Crippen molar-refractivity contribution in [1.82, 2.24) is 25.4 Å². The van der Waals surface area contributed by atoms with Gasteiger partial charge in [-0.3, -0.25) is 14.4 Å². The molecule has 0 spiro atoms. The molecule has 2 aromatic carbocycles. The third kappa shape index (κ3) is 7.59. The van der Waals surface area contributed by atoms with Crippen LogP contribution in [0.5, 0.6) is 5.75 Å². The SMILES string of the molecule is COc1cc([C@H](C)NC(=O)C2C[C@@H](F)CN2C(=O)CNC(=O)c2ccc3cc(F)ccc3n2)c(/C=C/C2CC2)cc1N1CCN(C)CC1. The Kier molecular flexibility index (Phi) is 9.91. The van der Waals surface area contributed by atoms with Crippen LogP contribution in [0.15, 0.2) is 48.5 Å². The third-order valence-corrected chi connectivity index (χ3v) is 9.38. The Balaban J connectivity index is 1.14. The summed E-state index contributed by atoms with van der Waals surface area (Å²) in [6.45, 7) is 4.84. The summed E-state index contributed by atoms with van der Waals surface area (Å²) in [6.07, 6.45) is 5.13. The molecule has 3 atom stereocenters. The second-order valence-corrected chi connectivity index (χ2v) is 13.0. The maximum Gasteiger partial charge on any atom is 0.270 e. The van der Waals surface area contributed by atoms with Crippen LogP contribution in [0.2, 0.25) is 0 Å². The summed E-state index contributed by atoms with van der Waals surface area (Å²) < 4.78 is 34.0. The van der Waals surface area contributed by atoms with Crippen molar-refractivity contribution >= 4 is 40.4 Å². The number of ether oxygens (including phenoxy) is 1. The van der Waals surface area contributed by atoms with E-state index in [2.05, 4.69) is 50.7 Å². The lowest BCUT2D eigenvalue weighted by molar-refractivity contribution is -0.138. The number of piperazine rings is 1. The lowest BCUT2D eigenvalue weighted by Gasteiger charge is -2.35. The minimum Gasteiger partial charge on any atom is -0.495 e. The second-order valence-electron chi connectivity index (χ2n) is 13.0. The fourth-order valence-corrected chi connectivity index (χ4v) is 6.37. The minimum absolute atomic E-state index is 0.0513. The van der Waals surface area contributed by atoms with Gasteiger partial charge in [0.15, 0.2) is 0 Å². The molecule has 48 heavy (non-hydrogen) atoms. The third-order valence-electron chi connectivity index (χ3n) is 9.38. The highest BCUT2D eigenvalue weighted by molar-refractivity contribution is 5.97. The first-order valence-corrected chi connectivity index (χ1v) is 16.5. The van der Waals surface area contributed by atoms with Crippen molar-refractivity contribution in [1.29, 1.82) is 0 Å². The number of pyridine rings is 1. The van der Waals surface area contributed by atoms with E-state index >= 15 is 0 Å². The van der Waals surface area contributed by atoms with Crippen LogP contribution in [-0.4, -0.2) is 98.1 Å². The Labute approximate surface area is 279 Å². The van der Waals surface area contributed by atoms with E-state index in [1.807, 2.05) is 13.0 Å². The summed E-state index contributed by atoms with van der Waals surface area (Å²) in [6, 6.07) is 9.63. The molecule has 1 saturated carbocycles. The van der Waals surface area contributed by atoms with E-state index in [4.69, 9.17) is 4.74 Å². The molecule has 3 fully saturated rings. The average Bonchev–Trinajstić information content (AvgIpc) is 3.83. The van der Waals surface area contributed by atoms with Crippen molar-refractivity contribution in [3.63, 3.8) is 0 Å². The van der Waals surface area contributed by atoms with Gasteiger partial charge in [0, 0.05) is 38.0 Å². The molecule has 254 valence electrons. The number of carbonyl (C=O) groups excluding carboxylic acids is 3. The zero-order valence-electron chi connectivity index (χ0n) is 27.5. The summed E-state index contributed by atoms with van der Waals surface area (Å²) >= 11 is 0. The van der Waals surface area contributed by atoms with E-state index in [0.29, 0.717) is 22.6 Å². The van der Waals surface area contributed by atoms with Gasteiger partial charge in [-0.2, -0.15) is 0 Å². The van der Waals surface area contributed by atoms with Crippen LogP contribution in [0.25, 0.3) is 17.0 Å². The van der Waals surface area contributed by atoms with Gasteiger partial charge in [-0.05, 0) is 80.3 Å². The molecule has 2 aliphatic heterocycles. The fraction of sp³-hybridized carbons (Fsp3) is 0.444. The van der Waals surface area contributed by atoms with Crippen molar-refractivity contribution in [2.75, 3.05) is 58.3 Å². The van der Waals surface area contributed by atoms with E-state index in [0.717, 1.165) is 55.8 Å². The number of nitrogens with zero attached hydrogens (tertiary/aromatic N) is 4. The van der Waals surface area contributed by atoms with Gasteiger partial charge in [0.1, 0.15) is 29.5 Å². The zero-order chi connectivity index (χ0) is 33.9. The molecule has 12 heteroatoms. The minimum atomic E-state index is -1.38. The summed E-state index contributed by atoms with van der Waals surface area (Å²) in [5.74, 6) is -0.805. The Morgan fingerprint density at radius 2 is 1.85 bits per heavy atom. The zero-order valence-corrected chi connectivity index (χ0v) is 27.5. The molecule has 1 unspecified atom stereocenters. The number of allylic oxidation sites excluding steroid dienone is 1. The molecule has 3 heterocycles. The summed E-state index contributed by atoms with van der Waals surface area (Å²) in [4.78, 5) is 49.7. The molecule has 0 radical (unpaired) electrons. The van der Waals surface area contributed by atoms with Crippen molar-refractivity contribution in [3.8, 4) is 5.75 Å². The number of halogens is 2. The van der Waals surface area contributed by atoms with Crippen molar-refractivity contribution in [2.45, 2.75) is 44.4 Å². The highest BCUT2D eigenvalue weighted by Gasteiger charge is 2.40. The molecule has 3 aliphatic rings. The number of likely N-dealkylation sites (tertiary alicyclic amines) is 1. The van der Waals surface area contributed by atoms with E-state index < -0.39 is 48.3 Å². The molecule has 0 bridgehead atoms. The Bertz CT molecular complexity index is 1720. The smallest absolute Gasteiger partial charge is 0.270 e. The number of rotatable bonds is 10. The maximum absolute atomic E-state index is 14.7. The number of methoxy groups -OCH3 is 1. The number of anilines is 1. The van der Waals surface area contributed by atoms with Gasteiger partial charge < -0.3 is 30.1 Å². The van der Waals surface area contributed by atoms with Gasteiger partial charge in [-0.15, -0.1) is 0 Å². The molecular weight excluding hydrogens is 618 g/mol. The molecule has 1 aliphatic carbocycles. The van der Waals surface area contributed by atoms with Gasteiger partial charge in [0.2, 0.25) is 11.8 Å². The molecule has 1 aromatic heterocycles. The number of fused-ring (bicyclic) bond motifs is 1. The van der Waals surface area contributed by atoms with Crippen LogP contribution < -0.4 is 20.3 Å². The summed E-state index contributed by atoms with van der Waals surface area (Å²) in [5.41, 5.74) is 3.32. The van der Waals surface area contributed by atoms with Crippen molar-refractivity contribution in [2.24, 2.45) is 5.92 Å². The van der Waals surface area contributed by atoms with Crippen LogP contribution in [0, 0.1) is 11.7 Å². The largest absolute Gasteiger partial charge is 0.495 e. The molecule has 6 rings (SSSR count). The lowest BCUT2D eigenvalue weighted by Crippen LogP contribution is -2.49. The number of nitrogens with one attached hydrogen (secondary N) is 2. The predicted octanol–water partition coefficient (Wildman–Crippen LogP) is 4.10. The highest BCUT2D eigenvalue weighted by atomic mass is 19.1. The number of benzene rings is 2. The van der Waals surface area contributed by atoms with Crippen LogP contribution >= 0.6 is 0 Å². The van der Waals surface area contributed by atoms with E-state index in [1.54, 1.807) is 13.2 Å². The van der Waals surface area contributed by atoms with Crippen LogP contribution in [0.4, 0.5) is 14.5 Å². The van der Waals surface area contributed by atoms with Gasteiger partial charge in [-0.25, -0.2) is 13.8 Å². The molecule has 2 N–H and O–H groups in total. The standard InChI is InChI=1S/C36H42F2N6O4/c1-22(28-19-33(48-3)31(43-14-12-42(2)13-15-43)17-24(28)7-6-23-4-5-23)40-36(47)32-18-27(38)21-44(32)34(45)20-39-35(46)30-10-8-25-16-26(37)9-11-29(25)41-30/h6-11,16-17,19,22-23,27,32H,4-5,12-15,18,20-21H2,1-3H3,(H,39,46)(H,40,47)/b7-6+/t22-,27+,32?/m0/s1. The fourth-order valence-electron chi connectivity index (χ4n) is 6.37. The highest BCUT2D eigenvalue weighted by Crippen LogP contribution is 2.37. The van der Waals surface area contributed by atoms with Crippen LogP contribution in [0.1, 0.15) is 53.8 Å². The molecule has 2 saturated heterocycles. The molecule has 10 nitrogen and oxygen atoms in total. The second kappa shape index (κ2) is 14.3. The van der Waals surface area contributed by atoms with Crippen LogP contribution in [-0.2, 0) is 9.59 Å². The summed E-state index contributed by atoms with van der Waals surface area (Å²) in [5, 5.41) is 6.08. The van der Waals surface area contributed by atoms with Gasteiger partial charge in [-0.1, -0.05) is 18.2 Å². The average molecular weight is 661 g/mol. The van der Waals surface area contributed by atoms with E-state index in [1.165, 1.54) is 29.2 Å². The number of carbonyl (C=O) groups is 3. The quantitative estimate of drug-likeness (QED) is 0.337. The first-order chi connectivity index (χ1) is 23.1. The normalized spacial score (nSPS) is 20.7. The van der Waals surface area contributed by atoms with Gasteiger partial charge in [0.25, 0.3) is 5.91 Å².